The molecule has 0 aliphatic heterocycles. The van der Waals surface area contributed by atoms with E-state index in [1.165, 1.54) is 11.3 Å². The highest BCUT2D eigenvalue weighted by molar-refractivity contribution is 7.14. The molecule has 2 rings (SSSR count). The number of carbonyl (C=O) groups excluding carboxylic acids is 2. The number of nitrogens with one attached hydrogen (secondary N) is 2. The number of benzene rings is 1. The summed E-state index contributed by atoms with van der Waals surface area (Å²) in [6.45, 7) is 3.95. The minimum atomic E-state index is -0.270. The third kappa shape index (κ3) is 4.68. The van der Waals surface area contributed by atoms with Crippen LogP contribution < -0.4 is 10.6 Å². The third-order valence-electron chi connectivity index (χ3n) is 2.66. The van der Waals surface area contributed by atoms with E-state index in [1.807, 2.05) is 0 Å². The summed E-state index contributed by atoms with van der Waals surface area (Å²) in [7, 11) is 0. The van der Waals surface area contributed by atoms with E-state index in [1.54, 1.807) is 35.7 Å². The average molecular weight is 336 g/mol. The van der Waals surface area contributed by atoms with E-state index in [-0.39, 0.29) is 18.2 Å². The molecule has 1 heterocycles. The van der Waals surface area contributed by atoms with Crippen LogP contribution in [0, 0.1) is 0 Å². The van der Waals surface area contributed by atoms with Gasteiger partial charge in [0.2, 0.25) is 5.91 Å². The van der Waals surface area contributed by atoms with Crippen molar-refractivity contribution in [1.29, 1.82) is 0 Å². The maximum Gasteiger partial charge on any atom is 0.257 e. The Kier molecular flexibility index (Phi) is 5.68. The second-order valence-electron chi connectivity index (χ2n) is 4.37. The van der Waals surface area contributed by atoms with E-state index in [4.69, 9.17) is 11.6 Å². The Balaban J connectivity index is 1.94. The topological polar surface area (TPSA) is 71.1 Å². The molecular formula is C15H14ClN3O2S. The highest BCUT2D eigenvalue weighted by Crippen LogP contribution is 2.17. The smallest absolute Gasteiger partial charge is 0.257 e. The fourth-order valence-corrected chi connectivity index (χ4v) is 2.46. The largest absolute Gasteiger partial charge is 0.352 e. The third-order valence-corrected chi connectivity index (χ3v) is 3.72. The first kappa shape index (κ1) is 16.2. The Hall–Kier alpha value is -2.18. The number of hydrogen-bond acceptors (Lipinski definition) is 4. The van der Waals surface area contributed by atoms with E-state index in [2.05, 4.69) is 22.2 Å². The van der Waals surface area contributed by atoms with Crippen LogP contribution in [0.5, 0.6) is 0 Å². The number of anilines is 1. The SMILES string of the molecule is C=CCNC(=O)Cc1csc(NC(=O)c2ccc(Cl)cc2)n1. The van der Waals surface area contributed by atoms with Crippen LogP contribution in [-0.4, -0.2) is 23.3 Å². The van der Waals surface area contributed by atoms with Gasteiger partial charge in [0.1, 0.15) is 0 Å². The molecular weight excluding hydrogens is 322 g/mol. The van der Waals surface area contributed by atoms with Gasteiger partial charge < -0.3 is 5.32 Å². The van der Waals surface area contributed by atoms with Crippen LogP contribution in [0.1, 0.15) is 16.1 Å². The van der Waals surface area contributed by atoms with Crippen LogP contribution in [0.3, 0.4) is 0 Å². The average Bonchev–Trinajstić information content (AvgIpc) is 2.92. The summed E-state index contributed by atoms with van der Waals surface area (Å²) in [6, 6.07) is 6.56. The zero-order chi connectivity index (χ0) is 15.9. The molecule has 0 saturated heterocycles. The number of thiazole rings is 1. The molecule has 0 aliphatic rings. The zero-order valence-corrected chi connectivity index (χ0v) is 13.2. The summed E-state index contributed by atoms with van der Waals surface area (Å²) in [5, 5.41) is 8.12. The first-order valence-corrected chi connectivity index (χ1v) is 7.73. The van der Waals surface area contributed by atoms with Gasteiger partial charge in [0.15, 0.2) is 5.13 Å². The molecule has 5 nitrogen and oxygen atoms in total. The molecule has 2 amide bonds. The molecule has 114 valence electrons. The van der Waals surface area contributed by atoms with Crippen LogP contribution in [0.4, 0.5) is 5.13 Å². The highest BCUT2D eigenvalue weighted by atomic mass is 35.5. The number of carbonyl (C=O) groups is 2. The van der Waals surface area contributed by atoms with Crippen molar-refractivity contribution in [3.63, 3.8) is 0 Å². The van der Waals surface area contributed by atoms with Gasteiger partial charge in [0, 0.05) is 22.5 Å². The molecule has 2 aromatic rings. The molecule has 22 heavy (non-hydrogen) atoms. The minimum Gasteiger partial charge on any atom is -0.352 e. The minimum absolute atomic E-state index is 0.138. The van der Waals surface area contributed by atoms with Gasteiger partial charge in [0.25, 0.3) is 5.91 Å². The summed E-state index contributed by atoms with van der Waals surface area (Å²) < 4.78 is 0. The lowest BCUT2D eigenvalue weighted by atomic mass is 10.2. The van der Waals surface area contributed by atoms with E-state index in [0.717, 1.165) is 0 Å². The van der Waals surface area contributed by atoms with Crippen molar-refractivity contribution < 1.29 is 9.59 Å². The second kappa shape index (κ2) is 7.72. The van der Waals surface area contributed by atoms with Crippen molar-refractivity contribution in [3.05, 3.63) is 58.6 Å². The summed E-state index contributed by atoms with van der Waals surface area (Å²) in [4.78, 5) is 27.8. The van der Waals surface area contributed by atoms with Gasteiger partial charge >= 0.3 is 0 Å². The van der Waals surface area contributed by atoms with Crippen LogP contribution in [-0.2, 0) is 11.2 Å². The number of nitrogens with zero attached hydrogens (tertiary/aromatic N) is 1. The van der Waals surface area contributed by atoms with Crippen molar-refractivity contribution in [2.75, 3.05) is 11.9 Å². The van der Waals surface area contributed by atoms with Gasteiger partial charge in [-0.05, 0) is 24.3 Å². The van der Waals surface area contributed by atoms with Crippen molar-refractivity contribution in [2.45, 2.75) is 6.42 Å². The Labute approximate surface area is 137 Å². The maximum atomic E-state index is 12.0. The molecule has 0 saturated carbocycles. The number of halogens is 1. The summed E-state index contributed by atoms with van der Waals surface area (Å²) in [5.74, 6) is -0.408. The molecule has 0 spiro atoms. The first-order chi connectivity index (χ1) is 10.6. The van der Waals surface area contributed by atoms with Gasteiger partial charge in [-0.15, -0.1) is 17.9 Å². The molecule has 0 aliphatic carbocycles. The van der Waals surface area contributed by atoms with Gasteiger partial charge in [-0.1, -0.05) is 17.7 Å². The van der Waals surface area contributed by atoms with Crippen LogP contribution in [0.25, 0.3) is 0 Å². The first-order valence-electron chi connectivity index (χ1n) is 6.47. The fourth-order valence-electron chi connectivity index (χ4n) is 1.63. The molecule has 1 aromatic heterocycles. The number of aromatic nitrogens is 1. The molecule has 0 bridgehead atoms. The Morgan fingerprint density at radius 1 is 1.32 bits per heavy atom. The number of hydrogen-bond donors (Lipinski definition) is 2. The van der Waals surface area contributed by atoms with Crippen molar-refractivity contribution in [1.82, 2.24) is 10.3 Å². The van der Waals surface area contributed by atoms with Crippen LogP contribution >= 0.6 is 22.9 Å². The van der Waals surface area contributed by atoms with Gasteiger partial charge in [0.05, 0.1) is 12.1 Å². The maximum absolute atomic E-state index is 12.0. The lowest BCUT2D eigenvalue weighted by molar-refractivity contribution is -0.120. The van der Waals surface area contributed by atoms with Gasteiger partial charge in [-0.3, -0.25) is 14.9 Å². The standard InChI is InChI=1S/C15H14ClN3O2S/c1-2-7-17-13(20)8-12-9-22-15(18-12)19-14(21)10-3-5-11(16)6-4-10/h2-6,9H,1,7-8H2,(H,17,20)(H,18,19,21). The Morgan fingerprint density at radius 3 is 2.73 bits per heavy atom. The summed E-state index contributed by atoms with van der Waals surface area (Å²) in [5.41, 5.74) is 1.10. The normalized spacial score (nSPS) is 10.0. The summed E-state index contributed by atoms with van der Waals surface area (Å²) in [6.07, 6.45) is 1.78. The van der Waals surface area contributed by atoms with Crippen molar-refractivity contribution >= 4 is 39.9 Å². The monoisotopic (exact) mass is 335 g/mol. The van der Waals surface area contributed by atoms with E-state index in [9.17, 15) is 9.59 Å². The lowest BCUT2D eigenvalue weighted by Crippen LogP contribution is -2.25. The van der Waals surface area contributed by atoms with Gasteiger partial charge in [-0.2, -0.15) is 0 Å². The predicted octanol–water partition coefficient (Wildman–Crippen LogP) is 2.89. The molecule has 2 N–H and O–H groups in total. The quantitative estimate of drug-likeness (QED) is 0.797. The Morgan fingerprint density at radius 2 is 2.05 bits per heavy atom. The van der Waals surface area contributed by atoms with E-state index < -0.39 is 0 Å². The van der Waals surface area contributed by atoms with E-state index >= 15 is 0 Å². The van der Waals surface area contributed by atoms with Crippen LogP contribution in [0.15, 0.2) is 42.3 Å². The number of rotatable bonds is 6. The van der Waals surface area contributed by atoms with E-state index in [0.29, 0.717) is 28.0 Å². The fraction of sp³-hybridized carbons (Fsp3) is 0.133. The highest BCUT2D eigenvalue weighted by Gasteiger charge is 2.10. The predicted molar refractivity (Wildman–Crippen MR) is 88.4 cm³/mol. The van der Waals surface area contributed by atoms with Gasteiger partial charge in [-0.25, -0.2) is 4.98 Å². The molecule has 0 unspecified atom stereocenters. The number of amides is 2. The molecule has 0 atom stereocenters. The summed E-state index contributed by atoms with van der Waals surface area (Å²) >= 11 is 7.05. The zero-order valence-electron chi connectivity index (χ0n) is 11.6. The second-order valence-corrected chi connectivity index (χ2v) is 5.67. The Bertz CT molecular complexity index is 682. The van der Waals surface area contributed by atoms with Crippen molar-refractivity contribution in [3.8, 4) is 0 Å². The molecule has 7 heteroatoms. The molecule has 1 aromatic carbocycles. The van der Waals surface area contributed by atoms with Crippen molar-refractivity contribution in [2.24, 2.45) is 0 Å². The molecule has 0 fully saturated rings. The molecule has 0 radical (unpaired) electrons. The lowest BCUT2D eigenvalue weighted by Gasteiger charge is -2.02. The van der Waals surface area contributed by atoms with Crippen LogP contribution in [0.2, 0.25) is 5.02 Å².